The van der Waals surface area contributed by atoms with Crippen LogP contribution in [0.5, 0.6) is 0 Å². The van der Waals surface area contributed by atoms with Gasteiger partial charge in [-0.2, -0.15) is 0 Å². The molecule has 0 spiro atoms. The SMILES string of the molecule is O=C(O)C1CN(C2CCCCCC2)c2ccccc21. The molecule has 0 bridgehead atoms. The van der Waals surface area contributed by atoms with E-state index in [1.165, 1.54) is 38.5 Å². The average Bonchev–Trinajstić information content (AvgIpc) is 2.60. The third kappa shape index (κ3) is 2.34. The summed E-state index contributed by atoms with van der Waals surface area (Å²) in [5.74, 6) is -1.04. The number of hydrogen-bond acceptors (Lipinski definition) is 2. The molecule has 0 saturated heterocycles. The summed E-state index contributed by atoms with van der Waals surface area (Å²) in [5.41, 5.74) is 2.15. The van der Waals surface area contributed by atoms with Gasteiger partial charge in [0.15, 0.2) is 0 Å². The van der Waals surface area contributed by atoms with Gasteiger partial charge >= 0.3 is 5.97 Å². The second-order valence-electron chi connectivity index (χ2n) is 5.75. The van der Waals surface area contributed by atoms with Crippen molar-refractivity contribution in [2.24, 2.45) is 0 Å². The first kappa shape index (κ1) is 12.5. The van der Waals surface area contributed by atoms with Gasteiger partial charge in [0.2, 0.25) is 0 Å². The number of aliphatic carboxylic acids is 1. The third-order valence-corrected chi connectivity index (χ3v) is 4.56. The lowest BCUT2D eigenvalue weighted by Gasteiger charge is -2.29. The minimum Gasteiger partial charge on any atom is -0.481 e. The number of fused-ring (bicyclic) bond motifs is 1. The first-order valence-electron chi connectivity index (χ1n) is 7.36. The molecular formula is C16H21NO2. The lowest BCUT2D eigenvalue weighted by Crippen LogP contribution is -2.35. The molecule has 1 fully saturated rings. The quantitative estimate of drug-likeness (QED) is 0.828. The maximum Gasteiger partial charge on any atom is 0.312 e. The van der Waals surface area contributed by atoms with Gasteiger partial charge < -0.3 is 10.0 Å². The van der Waals surface area contributed by atoms with Crippen molar-refractivity contribution in [2.75, 3.05) is 11.4 Å². The van der Waals surface area contributed by atoms with E-state index in [2.05, 4.69) is 11.0 Å². The van der Waals surface area contributed by atoms with E-state index >= 15 is 0 Å². The van der Waals surface area contributed by atoms with E-state index in [0.29, 0.717) is 12.6 Å². The third-order valence-electron chi connectivity index (χ3n) is 4.56. The molecule has 19 heavy (non-hydrogen) atoms. The first-order valence-corrected chi connectivity index (χ1v) is 7.36. The lowest BCUT2D eigenvalue weighted by atomic mass is 10.0. The Morgan fingerprint density at radius 2 is 1.79 bits per heavy atom. The van der Waals surface area contributed by atoms with Gasteiger partial charge in [-0.05, 0) is 24.5 Å². The summed E-state index contributed by atoms with van der Waals surface area (Å²) in [6.07, 6.45) is 7.63. The first-order chi connectivity index (χ1) is 9.27. The van der Waals surface area contributed by atoms with Crippen molar-refractivity contribution in [2.45, 2.75) is 50.5 Å². The normalized spacial score (nSPS) is 24.0. The van der Waals surface area contributed by atoms with Gasteiger partial charge in [0, 0.05) is 18.3 Å². The van der Waals surface area contributed by atoms with Crippen LogP contribution < -0.4 is 4.90 Å². The largest absolute Gasteiger partial charge is 0.481 e. The molecule has 1 aliphatic heterocycles. The highest BCUT2D eigenvalue weighted by Crippen LogP contribution is 2.39. The fourth-order valence-corrected chi connectivity index (χ4v) is 3.56. The second kappa shape index (κ2) is 5.24. The van der Waals surface area contributed by atoms with Crippen LogP contribution in [0.25, 0.3) is 0 Å². The monoisotopic (exact) mass is 259 g/mol. The second-order valence-corrected chi connectivity index (χ2v) is 5.75. The summed E-state index contributed by atoms with van der Waals surface area (Å²) in [7, 11) is 0. The van der Waals surface area contributed by atoms with Crippen molar-refractivity contribution in [1.82, 2.24) is 0 Å². The van der Waals surface area contributed by atoms with Crippen LogP contribution in [0.3, 0.4) is 0 Å². The number of carboxylic acid groups (broad SMARTS) is 1. The van der Waals surface area contributed by atoms with Crippen LogP contribution in [-0.4, -0.2) is 23.7 Å². The number of nitrogens with zero attached hydrogens (tertiary/aromatic N) is 1. The van der Waals surface area contributed by atoms with Gasteiger partial charge in [-0.15, -0.1) is 0 Å². The van der Waals surface area contributed by atoms with E-state index in [4.69, 9.17) is 0 Å². The van der Waals surface area contributed by atoms with Crippen LogP contribution >= 0.6 is 0 Å². The van der Waals surface area contributed by atoms with Gasteiger partial charge in [-0.3, -0.25) is 4.79 Å². The van der Waals surface area contributed by atoms with Crippen molar-refractivity contribution in [1.29, 1.82) is 0 Å². The molecule has 1 atom stereocenters. The van der Waals surface area contributed by atoms with Crippen molar-refractivity contribution in [3.8, 4) is 0 Å². The van der Waals surface area contributed by atoms with Crippen LogP contribution in [0.2, 0.25) is 0 Å². The molecule has 1 heterocycles. The summed E-state index contributed by atoms with van der Waals surface area (Å²) in [5, 5.41) is 9.41. The van der Waals surface area contributed by atoms with E-state index < -0.39 is 5.97 Å². The standard InChI is InChI=1S/C16H21NO2/c18-16(19)14-11-17(12-7-3-1-2-4-8-12)15-10-6-5-9-13(14)15/h5-6,9-10,12,14H,1-4,7-8,11H2,(H,18,19). The van der Waals surface area contributed by atoms with Gasteiger partial charge in [-0.25, -0.2) is 0 Å². The van der Waals surface area contributed by atoms with Gasteiger partial charge in [0.25, 0.3) is 0 Å². The number of rotatable bonds is 2. The summed E-state index contributed by atoms with van der Waals surface area (Å²) >= 11 is 0. The number of benzene rings is 1. The molecule has 1 aromatic carbocycles. The Labute approximate surface area is 114 Å². The summed E-state index contributed by atoms with van der Waals surface area (Å²) in [6.45, 7) is 0.652. The maximum absolute atomic E-state index is 11.4. The van der Waals surface area contributed by atoms with Gasteiger partial charge in [-0.1, -0.05) is 43.9 Å². The summed E-state index contributed by atoms with van der Waals surface area (Å²) < 4.78 is 0. The highest BCUT2D eigenvalue weighted by molar-refractivity contribution is 5.83. The predicted molar refractivity (Wildman–Crippen MR) is 75.7 cm³/mol. The lowest BCUT2D eigenvalue weighted by molar-refractivity contribution is -0.138. The number of carbonyl (C=O) groups is 1. The van der Waals surface area contributed by atoms with E-state index in [1.54, 1.807) is 0 Å². The van der Waals surface area contributed by atoms with E-state index in [1.807, 2.05) is 18.2 Å². The Kier molecular flexibility index (Phi) is 3.45. The zero-order valence-electron chi connectivity index (χ0n) is 11.2. The smallest absolute Gasteiger partial charge is 0.312 e. The molecular weight excluding hydrogens is 238 g/mol. The molecule has 0 amide bonds. The van der Waals surface area contributed by atoms with E-state index in [9.17, 15) is 9.90 Å². The molecule has 0 aromatic heterocycles. The fraction of sp³-hybridized carbons (Fsp3) is 0.562. The van der Waals surface area contributed by atoms with E-state index in [0.717, 1.165) is 11.3 Å². The van der Waals surface area contributed by atoms with Crippen molar-refractivity contribution in [3.63, 3.8) is 0 Å². The molecule has 3 nitrogen and oxygen atoms in total. The Bertz CT molecular complexity index is 464. The molecule has 3 heteroatoms. The van der Waals surface area contributed by atoms with Gasteiger partial charge in [0.05, 0.1) is 0 Å². The Balaban J connectivity index is 1.89. The van der Waals surface area contributed by atoms with Crippen molar-refractivity contribution in [3.05, 3.63) is 29.8 Å². The van der Waals surface area contributed by atoms with Gasteiger partial charge in [0.1, 0.15) is 5.92 Å². The summed E-state index contributed by atoms with van der Waals surface area (Å²) in [6, 6.07) is 8.57. The maximum atomic E-state index is 11.4. The zero-order chi connectivity index (χ0) is 13.2. The molecule has 0 radical (unpaired) electrons. The Hall–Kier alpha value is -1.51. The molecule has 1 aliphatic carbocycles. The number of anilines is 1. The number of para-hydroxylation sites is 1. The molecule has 102 valence electrons. The predicted octanol–water partition coefficient (Wildman–Crippen LogP) is 3.40. The zero-order valence-corrected chi connectivity index (χ0v) is 11.2. The Morgan fingerprint density at radius 1 is 1.11 bits per heavy atom. The minimum atomic E-state index is -0.691. The molecule has 1 aromatic rings. The Morgan fingerprint density at radius 3 is 2.47 bits per heavy atom. The van der Waals surface area contributed by atoms with Crippen molar-refractivity contribution >= 4 is 11.7 Å². The topological polar surface area (TPSA) is 40.5 Å². The molecule has 1 saturated carbocycles. The van der Waals surface area contributed by atoms with Crippen LogP contribution in [0, 0.1) is 0 Å². The highest BCUT2D eigenvalue weighted by Gasteiger charge is 2.36. The molecule has 2 aliphatic rings. The minimum absolute atomic E-state index is 0.348. The van der Waals surface area contributed by atoms with Crippen LogP contribution in [0.15, 0.2) is 24.3 Å². The van der Waals surface area contributed by atoms with Crippen LogP contribution in [0.4, 0.5) is 5.69 Å². The van der Waals surface area contributed by atoms with Crippen LogP contribution in [0.1, 0.15) is 50.0 Å². The van der Waals surface area contributed by atoms with E-state index in [-0.39, 0.29) is 5.92 Å². The molecule has 1 unspecified atom stereocenters. The highest BCUT2D eigenvalue weighted by atomic mass is 16.4. The number of hydrogen-bond donors (Lipinski definition) is 1. The summed E-state index contributed by atoms with van der Waals surface area (Å²) in [4.78, 5) is 13.8. The van der Waals surface area contributed by atoms with Crippen LogP contribution in [-0.2, 0) is 4.79 Å². The number of carboxylic acids is 1. The molecule has 3 rings (SSSR count). The fourth-order valence-electron chi connectivity index (χ4n) is 3.56. The molecule has 1 N–H and O–H groups in total. The van der Waals surface area contributed by atoms with Crippen molar-refractivity contribution < 1.29 is 9.90 Å². The average molecular weight is 259 g/mol.